The molecule has 1 atom stereocenters. The standard InChI is InChI=1S/C11H24N2O3S/c1-3-11-10-12(2)6-4-7-13(11)17(15,16)9-5-8-14/h11,14H,3-10H2,1-2H3. The molecule has 102 valence electrons. The molecule has 5 nitrogen and oxygen atoms in total. The highest BCUT2D eigenvalue weighted by atomic mass is 32.2. The van der Waals surface area contributed by atoms with E-state index in [9.17, 15) is 8.42 Å². The summed E-state index contributed by atoms with van der Waals surface area (Å²) in [6.07, 6.45) is 2.04. The van der Waals surface area contributed by atoms with Crippen molar-refractivity contribution < 1.29 is 13.5 Å². The highest BCUT2D eigenvalue weighted by Gasteiger charge is 2.30. The summed E-state index contributed by atoms with van der Waals surface area (Å²) < 4.78 is 26.0. The topological polar surface area (TPSA) is 60.9 Å². The van der Waals surface area contributed by atoms with Gasteiger partial charge in [0.1, 0.15) is 0 Å². The zero-order valence-corrected chi connectivity index (χ0v) is 11.6. The fraction of sp³-hybridized carbons (Fsp3) is 1.00. The van der Waals surface area contributed by atoms with Gasteiger partial charge in [0.15, 0.2) is 0 Å². The second-order valence-corrected chi connectivity index (χ2v) is 6.72. The number of rotatable bonds is 5. The molecule has 1 rings (SSSR count). The van der Waals surface area contributed by atoms with Crippen molar-refractivity contribution >= 4 is 10.0 Å². The largest absolute Gasteiger partial charge is 0.396 e. The molecule has 0 saturated carbocycles. The van der Waals surface area contributed by atoms with Crippen LogP contribution in [0.3, 0.4) is 0 Å². The summed E-state index contributed by atoms with van der Waals surface area (Å²) in [5.74, 6) is 0.0592. The lowest BCUT2D eigenvalue weighted by Crippen LogP contribution is -2.44. The Labute approximate surface area is 104 Å². The summed E-state index contributed by atoms with van der Waals surface area (Å²) in [5, 5.41) is 8.76. The quantitative estimate of drug-likeness (QED) is 0.766. The van der Waals surface area contributed by atoms with E-state index < -0.39 is 10.0 Å². The van der Waals surface area contributed by atoms with Crippen LogP contribution in [-0.4, -0.2) is 67.8 Å². The van der Waals surface area contributed by atoms with Crippen LogP contribution in [0, 0.1) is 0 Å². The minimum Gasteiger partial charge on any atom is -0.396 e. The molecule has 1 aliphatic rings. The number of hydrogen-bond donors (Lipinski definition) is 1. The fourth-order valence-corrected chi connectivity index (χ4v) is 4.09. The van der Waals surface area contributed by atoms with Gasteiger partial charge in [-0.15, -0.1) is 0 Å². The molecular weight excluding hydrogens is 240 g/mol. The third-order valence-corrected chi connectivity index (χ3v) is 5.24. The van der Waals surface area contributed by atoms with Crippen LogP contribution in [-0.2, 0) is 10.0 Å². The monoisotopic (exact) mass is 264 g/mol. The highest BCUT2D eigenvalue weighted by molar-refractivity contribution is 7.89. The van der Waals surface area contributed by atoms with Gasteiger partial charge in [-0.2, -0.15) is 4.31 Å². The van der Waals surface area contributed by atoms with Crippen molar-refractivity contribution in [2.24, 2.45) is 0 Å². The smallest absolute Gasteiger partial charge is 0.214 e. The number of aliphatic hydroxyl groups is 1. The van der Waals surface area contributed by atoms with Gasteiger partial charge in [0, 0.05) is 25.7 Å². The summed E-state index contributed by atoms with van der Waals surface area (Å²) in [4.78, 5) is 2.19. The summed E-state index contributed by atoms with van der Waals surface area (Å²) in [6.45, 7) is 4.32. The Morgan fingerprint density at radius 1 is 1.35 bits per heavy atom. The Hall–Kier alpha value is -0.170. The summed E-state index contributed by atoms with van der Waals surface area (Å²) in [6, 6.07) is 0.0752. The molecule has 0 radical (unpaired) electrons. The van der Waals surface area contributed by atoms with Crippen LogP contribution in [0.5, 0.6) is 0 Å². The van der Waals surface area contributed by atoms with Crippen molar-refractivity contribution in [3.63, 3.8) is 0 Å². The van der Waals surface area contributed by atoms with Crippen molar-refractivity contribution in [3.8, 4) is 0 Å². The Morgan fingerprint density at radius 2 is 2.06 bits per heavy atom. The zero-order valence-electron chi connectivity index (χ0n) is 10.8. The van der Waals surface area contributed by atoms with Gasteiger partial charge in [-0.25, -0.2) is 8.42 Å². The first-order chi connectivity index (χ1) is 8.01. The van der Waals surface area contributed by atoms with Crippen molar-refractivity contribution in [2.45, 2.75) is 32.2 Å². The summed E-state index contributed by atoms with van der Waals surface area (Å²) in [5.41, 5.74) is 0. The highest BCUT2D eigenvalue weighted by Crippen LogP contribution is 2.17. The number of hydrogen-bond acceptors (Lipinski definition) is 4. The number of sulfonamides is 1. The molecule has 0 aliphatic carbocycles. The lowest BCUT2D eigenvalue weighted by molar-refractivity contribution is 0.267. The third-order valence-electron chi connectivity index (χ3n) is 3.24. The third kappa shape index (κ3) is 4.21. The molecule has 1 unspecified atom stereocenters. The van der Waals surface area contributed by atoms with E-state index in [-0.39, 0.29) is 18.4 Å². The van der Waals surface area contributed by atoms with Gasteiger partial charge in [-0.05, 0) is 32.9 Å². The van der Waals surface area contributed by atoms with E-state index >= 15 is 0 Å². The molecule has 17 heavy (non-hydrogen) atoms. The maximum atomic E-state index is 12.2. The first-order valence-corrected chi connectivity index (χ1v) is 7.91. The Morgan fingerprint density at radius 3 is 2.65 bits per heavy atom. The molecule has 1 heterocycles. The number of nitrogens with zero attached hydrogens (tertiary/aromatic N) is 2. The Balaban J connectivity index is 2.77. The van der Waals surface area contributed by atoms with E-state index in [1.54, 1.807) is 4.31 Å². The molecule has 0 aromatic heterocycles. The average molecular weight is 264 g/mol. The van der Waals surface area contributed by atoms with Gasteiger partial charge in [-0.3, -0.25) is 0 Å². The lowest BCUT2D eigenvalue weighted by atomic mass is 10.2. The Kier molecular flexibility index (Phi) is 5.85. The van der Waals surface area contributed by atoms with Gasteiger partial charge in [0.25, 0.3) is 0 Å². The van der Waals surface area contributed by atoms with Crippen LogP contribution in [0.2, 0.25) is 0 Å². The minimum atomic E-state index is -3.21. The van der Waals surface area contributed by atoms with E-state index in [1.807, 2.05) is 14.0 Å². The lowest BCUT2D eigenvalue weighted by Gasteiger charge is -2.29. The maximum Gasteiger partial charge on any atom is 0.214 e. The first-order valence-electron chi connectivity index (χ1n) is 6.30. The van der Waals surface area contributed by atoms with Crippen molar-refractivity contribution in [3.05, 3.63) is 0 Å². The second kappa shape index (κ2) is 6.68. The fourth-order valence-electron chi connectivity index (χ4n) is 2.28. The van der Waals surface area contributed by atoms with Crippen LogP contribution in [0.25, 0.3) is 0 Å². The van der Waals surface area contributed by atoms with Gasteiger partial charge in [0.2, 0.25) is 10.0 Å². The SMILES string of the molecule is CCC1CN(C)CCCN1S(=O)(=O)CCCO. The molecule has 0 aromatic rings. The van der Waals surface area contributed by atoms with Crippen LogP contribution >= 0.6 is 0 Å². The van der Waals surface area contributed by atoms with Gasteiger partial charge in [0.05, 0.1) is 5.75 Å². The minimum absolute atomic E-state index is 0.0592. The molecule has 1 aliphatic heterocycles. The van der Waals surface area contributed by atoms with Crippen LogP contribution in [0.15, 0.2) is 0 Å². The van der Waals surface area contributed by atoms with Gasteiger partial charge in [-0.1, -0.05) is 6.92 Å². The number of aliphatic hydroxyl groups excluding tert-OH is 1. The molecule has 1 N–H and O–H groups in total. The summed E-state index contributed by atoms with van der Waals surface area (Å²) in [7, 11) is -1.17. The van der Waals surface area contributed by atoms with Gasteiger partial charge >= 0.3 is 0 Å². The average Bonchev–Trinajstić information content (AvgIpc) is 2.48. The molecule has 0 spiro atoms. The second-order valence-electron chi connectivity index (χ2n) is 4.68. The zero-order chi connectivity index (χ0) is 12.9. The van der Waals surface area contributed by atoms with Crippen LogP contribution in [0.1, 0.15) is 26.2 Å². The van der Waals surface area contributed by atoms with E-state index in [1.165, 1.54) is 0 Å². The van der Waals surface area contributed by atoms with Crippen molar-refractivity contribution in [1.82, 2.24) is 9.21 Å². The van der Waals surface area contributed by atoms with E-state index in [0.717, 1.165) is 25.9 Å². The predicted molar refractivity (Wildman–Crippen MR) is 68.4 cm³/mol. The molecule has 6 heteroatoms. The van der Waals surface area contributed by atoms with E-state index in [2.05, 4.69) is 4.90 Å². The van der Waals surface area contributed by atoms with Gasteiger partial charge < -0.3 is 10.0 Å². The van der Waals surface area contributed by atoms with Crippen molar-refractivity contribution in [1.29, 1.82) is 0 Å². The maximum absolute atomic E-state index is 12.2. The van der Waals surface area contributed by atoms with Crippen molar-refractivity contribution in [2.75, 3.05) is 39.0 Å². The van der Waals surface area contributed by atoms with E-state index in [0.29, 0.717) is 13.0 Å². The van der Waals surface area contributed by atoms with Crippen LogP contribution < -0.4 is 0 Å². The predicted octanol–water partition coefficient (Wildman–Crippen LogP) is 0.115. The Bertz CT molecular complexity index is 319. The molecular formula is C11H24N2O3S. The molecule has 0 aromatic carbocycles. The molecule has 1 saturated heterocycles. The first kappa shape index (κ1) is 14.9. The molecule has 1 fully saturated rings. The summed E-state index contributed by atoms with van der Waals surface area (Å²) >= 11 is 0. The number of likely N-dealkylation sites (N-methyl/N-ethyl adjacent to an activating group) is 1. The normalized spacial score (nSPS) is 24.8. The molecule has 0 bridgehead atoms. The van der Waals surface area contributed by atoms with Crippen LogP contribution in [0.4, 0.5) is 0 Å². The molecule has 0 amide bonds. The van der Waals surface area contributed by atoms with E-state index in [4.69, 9.17) is 5.11 Å².